The van der Waals surface area contributed by atoms with E-state index in [1.807, 2.05) is 0 Å². The maximum atomic E-state index is 13.5. The minimum atomic E-state index is -1.82. The highest BCUT2D eigenvalue weighted by molar-refractivity contribution is 6.00. The molecule has 3 heterocycles. The Bertz CT molecular complexity index is 1390. The Balaban J connectivity index is 1.46. The van der Waals surface area contributed by atoms with Crippen molar-refractivity contribution in [1.82, 2.24) is 0 Å². The van der Waals surface area contributed by atoms with E-state index in [1.165, 1.54) is 42.7 Å². The molecule has 3 aliphatic heterocycles. The van der Waals surface area contributed by atoms with Gasteiger partial charge in [-0.1, -0.05) is 18.2 Å². The number of fused-ring (bicyclic) bond motifs is 1. The Labute approximate surface area is 239 Å². The average molecular weight is 587 g/mol. The Hall–Kier alpha value is -4.14. The van der Waals surface area contributed by atoms with Crippen LogP contribution >= 0.6 is 0 Å². The highest BCUT2D eigenvalue weighted by atomic mass is 16.8. The fourth-order valence-corrected chi connectivity index (χ4v) is 5.36. The maximum Gasteiger partial charge on any atom is 0.343 e. The molecule has 0 amide bonds. The summed E-state index contributed by atoms with van der Waals surface area (Å²) in [6.45, 7) is 3.27. The molecular formula is C29H30O13. The van der Waals surface area contributed by atoms with E-state index in [0.29, 0.717) is 12.0 Å². The second-order valence-electron chi connectivity index (χ2n) is 10.1. The van der Waals surface area contributed by atoms with Crippen LogP contribution < -0.4 is 0 Å². The molecule has 42 heavy (non-hydrogen) atoms. The van der Waals surface area contributed by atoms with Gasteiger partial charge in [0.25, 0.3) is 0 Å². The van der Waals surface area contributed by atoms with Crippen LogP contribution in [0.25, 0.3) is 11.1 Å². The van der Waals surface area contributed by atoms with Gasteiger partial charge in [-0.2, -0.15) is 0 Å². The summed E-state index contributed by atoms with van der Waals surface area (Å²) >= 11 is 0. The molecule has 2 saturated heterocycles. The van der Waals surface area contributed by atoms with Crippen molar-refractivity contribution in [1.29, 1.82) is 0 Å². The smallest absolute Gasteiger partial charge is 0.343 e. The average Bonchev–Trinajstić information content (AvgIpc) is 2.96. The number of aromatic hydroxyl groups is 3. The van der Waals surface area contributed by atoms with Gasteiger partial charge in [-0.05, 0) is 30.2 Å². The summed E-state index contributed by atoms with van der Waals surface area (Å²) in [6, 6.07) is 7.77. The van der Waals surface area contributed by atoms with Crippen LogP contribution in [0.4, 0.5) is 0 Å². The van der Waals surface area contributed by atoms with Gasteiger partial charge < -0.3 is 54.3 Å². The predicted octanol–water partition coefficient (Wildman–Crippen LogP) is 1.06. The molecule has 2 fully saturated rings. The Kier molecular flexibility index (Phi) is 8.38. The van der Waals surface area contributed by atoms with Crippen LogP contribution in [0, 0.1) is 11.8 Å². The SMILES string of the molecule is C=C[C@H]1[C@H](O[C@H]2O[C@@H](CO)[C@H](O)[C@H](O)[C@H]2OC(=O)c2c(O)cc(O)cc2-c2cccc(O)c2)OC=C2C(=O)OCC[C@H]21. The molecular weight excluding hydrogens is 556 g/mol. The molecule has 13 nitrogen and oxygen atoms in total. The number of esters is 2. The first-order valence-electron chi connectivity index (χ1n) is 13.1. The van der Waals surface area contributed by atoms with Gasteiger partial charge in [-0.3, -0.25) is 0 Å². The van der Waals surface area contributed by atoms with Crippen molar-refractivity contribution in [2.45, 2.75) is 43.4 Å². The highest BCUT2D eigenvalue weighted by Crippen LogP contribution is 2.40. The van der Waals surface area contributed by atoms with E-state index in [2.05, 4.69) is 6.58 Å². The second kappa shape index (κ2) is 12.0. The molecule has 13 heteroatoms. The number of aliphatic hydroxyl groups is 3. The molecule has 5 rings (SSSR count). The molecule has 0 bridgehead atoms. The third-order valence-electron chi connectivity index (χ3n) is 7.48. The fourth-order valence-electron chi connectivity index (χ4n) is 5.36. The molecule has 0 aromatic heterocycles. The van der Waals surface area contributed by atoms with Crippen molar-refractivity contribution < 1.29 is 63.9 Å². The summed E-state index contributed by atoms with van der Waals surface area (Å²) in [7, 11) is 0. The molecule has 0 radical (unpaired) electrons. The van der Waals surface area contributed by atoms with E-state index in [9.17, 15) is 40.2 Å². The topological polar surface area (TPSA) is 202 Å². The van der Waals surface area contributed by atoms with Gasteiger partial charge in [0.1, 0.15) is 41.1 Å². The number of benzene rings is 2. The summed E-state index contributed by atoms with van der Waals surface area (Å²) in [5.74, 6) is -3.88. The van der Waals surface area contributed by atoms with E-state index < -0.39 is 72.8 Å². The molecule has 6 N–H and O–H groups in total. The van der Waals surface area contributed by atoms with Crippen LogP contribution in [0.3, 0.4) is 0 Å². The van der Waals surface area contributed by atoms with Crippen LogP contribution in [0.2, 0.25) is 0 Å². The summed E-state index contributed by atoms with van der Waals surface area (Å²) in [5, 5.41) is 61.9. The number of ether oxygens (including phenoxy) is 5. The summed E-state index contributed by atoms with van der Waals surface area (Å²) in [4.78, 5) is 25.7. The van der Waals surface area contributed by atoms with E-state index in [4.69, 9.17) is 23.7 Å². The first kappa shape index (κ1) is 29.4. The number of hydrogen-bond acceptors (Lipinski definition) is 13. The first-order chi connectivity index (χ1) is 20.1. The quantitative estimate of drug-likeness (QED) is 0.199. The number of carbonyl (C=O) groups excluding carboxylic acids is 2. The standard InChI is InChI=1S/C29H30O13/c1-2-16-17-6-7-38-26(36)19(17)12-39-28(16)42-29-25(24(35)23(34)21(11-30)40-29)41-27(37)22-18(9-15(32)10-20(22)33)13-4-3-5-14(31)8-13/h2-5,8-10,12,16-17,21,23-25,28-35H,1,6-7,11H2/t16-,17+,21+,23+,24+,25-,28+,29-/m1/s1. The molecule has 0 unspecified atom stereocenters. The number of aliphatic hydroxyl groups excluding tert-OH is 3. The van der Waals surface area contributed by atoms with Crippen LogP contribution in [-0.2, 0) is 28.5 Å². The molecule has 3 aliphatic rings. The summed E-state index contributed by atoms with van der Waals surface area (Å²) < 4.78 is 27.9. The van der Waals surface area contributed by atoms with Gasteiger partial charge in [0.2, 0.25) is 12.6 Å². The number of cyclic esters (lactones) is 1. The van der Waals surface area contributed by atoms with Gasteiger partial charge in [-0.25, -0.2) is 9.59 Å². The largest absolute Gasteiger partial charge is 0.508 e. The zero-order chi connectivity index (χ0) is 30.1. The van der Waals surface area contributed by atoms with E-state index in [0.717, 1.165) is 6.07 Å². The van der Waals surface area contributed by atoms with Crippen molar-refractivity contribution in [2.75, 3.05) is 13.2 Å². The van der Waals surface area contributed by atoms with Crippen LogP contribution in [0.5, 0.6) is 17.2 Å². The molecule has 0 saturated carbocycles. The third-order valence-corrected chi connectivity index (χ3v) is 7.48. The van der Waals surface area contributed by atoms with Gasteiger partial charge in [0, 0.05) is 23.5 Å². The number of rotatable bonds is 7. The van der Waals surface area contributed by atoms with Crippen molar-refractivity contribution in [3.8, 4) is 28.4 Å². The molecule has 0 aliphatic carbocycles. The first-order valence-corrected chi connectivity index (χ1v) is 13.1. The maximum absolute atomic E-state index is 13.5. The van der Waals surface area contributed by atoms with E-state index in [-0.39, 0.29) is 35.2 Å². The number of phenols is 3. The highest BCUT2D eigenvalue weighted by Gasteiger charge is 2.50. The van der Waals surface area contributed by atoms with Gasteiger partial charge in [-0.15, -0.1) is 6.58 Å². The van der Waals surface area contributed by atoms with Crippen LogP contribution in [0.15, 0.2) is 60.9 Å². The summed E-state index contributed by atoms with van der Waals surface area (Å²) in [5.41, 5.74) is 0.119. The predicted molar refractivity (Wildman–Crippen MR) is 141 cm³/mol. The van der Waals surface area contributed by atoms with Gasteiger partial charge in [0.05, 0.1) is 25.0 Å². The van der Waals surface area contributed by atoms with Crippen molar-refractivity contribution in [2.24, 2.45) is 11.8 Å². The monoisotopic (exact) mass is 586 g/mol. The minimum absolute atomic E-state index is 0.00458. The van der Waals surface area contributed by atoms with Crippen molar-refractivity contribution in [3.05, 3.63) is 66.5 Å². The Morgan fingerprint density at radius 3 is 2.57 bits per heavy atom. The molecule has 8 atom stereocenters. The van der Waals surface area contributed by atoms with Crippen LogP contribution in [0.1, 0.15) is 16.8 Å². The zero-order valence-corrected chi connectivity index (χ0v) is 22.1. The molecule has 224 valence electrons. The van der Waals surface area contributed by atoms with E-state index in [1.54, 1.807) is 0 Å². The molecule has 2 aromatic rings. The zero-order valence-electron chi connectivity index (χ0n) is 22.1. The fraction of sp³-hybridized carbons (Fsp3) is 0.379. The summed E-state index contributed by atoms with van der Waals surface area (Å²) in [6.07, 6.45) is -6.13. The van der Waals surface area contributed by atoms with E-state index >= 15 is 0 Å². The molecule has 0 spiro atoms. The van der Waals surface area contributed by atoms with Crippen LogP contribution in [-0.4, -0.2) is 92.8 Å². The lowest BCUT2D eigenvalue weighted by Crippen LogP contribution is -2.61. The second-order valence-corrected chi connectivity index (χ2v) is 10.1. The lowest BCUT2D eigenvalue weighted by atomic mass is 9.81. The lowest BCUT2D eigenvalue weighted by molar-refractivity contribution is -0.338. The number of hydrogen-bond donors (Lipinski definition) is 6. The Morgan fingerprint density at radius 1 is 1.07 bits per heavy atom. The third kappa shape index (κ3) is 5.52. The van der Waals surface area contributed by atoms with Crippen molar-refractivity contribution in [3.63, 3.8) is 0 Å². The number of phenolic OH excluding ortho intramolecular Hbond substituents is 3. The Morgan fingerprint density at radius 2 is 1.86 bits per heavy atom. The number of carbonyl (C=O) groups is 2. The van der Waals surface area contributed by atoms with Crippen molar-refractivity contribution >= 4 is 11.9 Å². The van der Waals surface area contributed by atoms with Gasteiger partial charge in [0.15, 0.2) is 6.10 Å². The normalized spacial score (nSPS) is 30.7. The van der Waals surface area contributed by atoms with Gasteiger partial charge >= 0.3 is 11.9 Å². The lowest BCUT2D eigenvalue weighted by Gasteiger charge is -2.44. The minimum Gasteiger partial charge on any atom is -0.508 e. The molecule has 2 aromatic carbocycles.